The van der Waals surface area contributed by atoms with Crippen molar-refractivity contribution in [1.29, 1.82) is 0 Å². The highest BCUT2D eigenvalue weighted by atomic mass is 16.6. The van der Waals surface area contributed by atoms with Crippen LogP contribution in [-0.2, 0) is 4.74 Å². The maximum absolute atomic E-state index is 11.8. The standard InChI is InChI=1S/C15H24N4O3/c1-15(2,3)22-14(20)16-11-7-9-19(10-8-11)12-5-6-13(21-4)18-17-12/h5-6,11H,7-10H2,1-4H3,(H,16,20). The molecule has 1 fully saturated rings. The van der Waals surface area contributed by atoms with Gasteiger partial charge in [0.25, 0.3) is 0 Å². The van der Waals surface area contributed by atoms with Crippen LogP contribution in [0.15, 0.2) is 12.1 Å². The number of rotatable bonds is 3. The minimum Gasteiger partial charge on any atom is -0.480 e. The van der Waals surface area contributed by atoms with E-state index in [9.17, 15) is 4.79 Å². The Morgan fingerprint density at radius 1 is 1.27 bits per heavy atom. The van der Waals surface area contributed by atoms with Crippen molar-refractivity contribution in [2.24, 2.45) is 0 Å². The number of carbonyl (C=O) groups excluding carboxylic acids is 1. The molecule has 0 radical (unpaired) electrons. The number of methoxy groups -OCH3 is 1. The minimum atomic E-state index is -0.469. The fraction of sp³-hybridized carbons (Fsp3) is 0.667. The van der Waals surface area contributed by atoms with E-state index in [-0.39, 0.29) is 12.1 Å². The molecule has 1 aromatic rings. The topological polar surface area (TPSA) is 76.6 Å². The van der Waals surface area contributed by atoms with Crippen LogP contribution in [0.4, 0.5) is 10.6 Å². The van der Waals surface area contributed by atoms with Gasteiger partial charge in [0.05, 0.1) is 7.11 Å². The van der Waals surface area contributed by atoms with Gasteiger partial charge in [-0.3, -0.25) is 0 Å². The monoisotopic (exact) mass is 308 g/mol. The Kier molecular flexibility index (Phi) is 5.05. The SMILES string of the molecule is COc1ccc(N2CCC(NC(=O)OC(C)(C)C)CC2)nn1. The second-order valence-corrected chi connectivity index (χ2v) is 6.34. The molecule has 1 aliphatic rings. The summed E-state index contributed by atoms with van der Waals surface area (Å²) in [5, 5.41) is 11.0. The predicted molar refractivity (Wildman–Crippen MR) is 83.2 cm³/mol. The van der Waals surface area contributed by atoms with Gasteiger partial charge < -0.3 is 19.7 Å². The Morgan fingerprint density at radius 3 is 2.45 bits per heavy atom. The minimum absolute atomic E-state index is 0.136. The van der Waals surface area contributed by atoms with Crippen molar-refractivity contribution in [3.63, 3.8) is 0 Å². The first kappa shape index (κ1) is 16.3. The summed E-state index contributed by atoms with van der Waals surface area (Å²) in [6.07, 6.45) is 1.36. The summed E-state index contributed by atoms with van der Waals surface area (Å²) < 4.78 is 10.3. The van der Waals surface area contributed by atoms with Crippen LogP contribution in [0.2, 0.25) is 0 Å². The number of amides is 1. The summed E-state index contributed by atoms with van der Waals surface area (Å²) in [6, 6.07) is 3.83. The fourth-order valence-corrected chi connectivity index (χ4v) is 2.32. The molecule has 122 valence electrons. The summed E-state index contributed by atoms with van der Waals surface area (Å²) in [5.74, 6) is 1.33. The third kappa shape index (κ3) is 4.75. The molecule has 2 rings (SSSR count). The summed E-state index contributed by atoms with van der Waals surface area (Å²) in [6.45, 7) is 7.22. The number of carbonyl (C=O) groups is 1. The Bertz CT molecular complexity index is 491. The largest absolute Gasteiger partial charge is 0.480 e. The zero-order valence-electron chi connectivity index (χ0n) is 13.6. The summed E-state index contributed by atoms with van der Waals surface area (Å²) in [7, 11) is 1.57. The molecule has 1 aromatic heterocycles. The van der Waals surface area contributed by atoms with Crippen molar-refractivity contribution in [3.8, 4) is 5.88 Å². The quantitative estimate of drug-likeness (QED) is 0.920. The van der Waals surface area contributed by atoms with E-state index in [1.54, 1.807) is 13.2 Å². The highest BCUT2D eigenvalue weighted by Gasteiger charge is 2.24. The van der Waals surface area contributed by atoms with Gasteiger partial charge in [0, 0.05) is 25.2 Å². The van der Waals surface area contributed by atoms with Crippen LogP contribution in [0.5, 0.6) is 5.88 Å². The first-order chi connectivity index (χ1) is 10.4. The second kappa shape index (κ2) is 6.81. The van der Waals surface area contributed by atoms with Crippen molar-refractivity contribution in [2.75, 3.05) is 25.1 Å². The molecule has 0 spiro atoms. The zero-order chi connectivity index (χ0) is 16.2. The molecule has 0 bridgehead atoms. The van der Waals surface area contributed by atoms with Crippen LogP contribution >= 0.6 is 0 Å². The van der Waals surface area contributed by atoms with Crippen LogP contribution in [0.25, 0.3) is 0 Å². The van der Waals surface area contributed by atoms with Crippen LogP contribution in [0.1, 0.15) is 33.6 Å². The predicted octanol–water partition coefficient (Wildman–Crippen LogP) is 1.98. The molecule has 0 aromatic carbocycles. The van der Waals surface area contributed by atoms with E-state index < -0.39 is 5.60 Å². The highest BCUT2D eigenvalue weighted by Crippen LogP contribution is 2.19. The Hall–Kier alpha value is -2.05. The second-order valence-electron chi connectivity index (χ2n) is 6.34. The lowest BCUT2D eigenvalue weighted by Gasteiger charge is -2.33. The Balaban J connectivity index is 1.81. The molecule has 1 amide bonds. The maximum atomic E-state index is 11.8. The van der Waals surface area contributed by atoms with Crippen molar-refractivity contribution in [2.45, 2.75) is 45.3 Å². The van der Waals surface area contributed by atoms with Gasteiger partial charge in [-0.15, -0.1) is 10.2 Å². The number of nitrogens with one attached hydrogen (secondary N) is 1. The van der Waals surface area contributed by atoms with Gasteiger partial charge in [0.2, 0.25) is 5.88 Å². The van der Waals surface area contributed by atoms with Crippen LogP contribution in [0, 0.1) is 0 Å². The third-order valence-electron chi connectivity index (χ3n) is 3.37. The number of anilines is 1. The van der Waals surface area contributed by atoms with E-state index in [0.29, 0.717) is 5.88 Å². The molecule has 2 heterocycles. The van der Waals surface area contributed by atoms with Gasteiger partial charge >= 0.3 is 6.09 Å². The molecule has 22 heavy (non-hydrogen) atoms. The zero-order valence-corrected chi connectivity index (χ0v) is 13.6. The van der Waals surface area contributed by atoms with Crippen LogP contribution in [-0.4, -0.2) is 48.1 Å². The number of hydrogen-bond acceptors (Lipinski definition) is 6. The van der Waals surface area contributed by atoms with E-state index in [1.165, 1.54) is 0 Å². The van der Waals surface area contributed by atoms with E-state index in [1.807, 2.05) is 26.8 Å². The first-order valence-corrected chi connectivity index (χ1v) is 7.49. The molecule has 1 aliphatic heterocycles. The number of alkyl carbamates (subject to hydrolysis) is 1. The first-order valence-electron chi connectivity index (χ1n) is 7.49. The Labute approximate surface area is 131 Å². The average molecular weight is 308 g/mol. The van der Waals surface area contributed by atoms with Crippen molar-refractivity contribution < 1.29 is 14.3 Å². The number of hydrogen-bond donors (Lipinski definition) is 1. The molecule has 0 unspecified atom stereocenters. The lowest BCUT2D eigenvalue weighted by Crippen LogP contribution is -2.46. The van der Waals surface area contributed by atoms with Gasteiger partial charge in [-0.1, -0.05) is 0 Å². The molecular formula is C15H24N4O3. The highest BCUT2D eigenvalue weighted by molar-refractivity contribution is 5.68. The fourth-order valence-electron chi connectivity index (χ4n) is 2.32. The average Bonchev–Trinajstić information content (AvgIpc) is 2.46. The number of aromatic nitrogens is 2. The van der Waals surface area contributed by atoms with Crippen LogP contribution in [0.3, 0.4) is 0 Å². The molecule has 7 heteroatoms. The Morgan fingerprint density at radius 2 is 1.95 bits per heavy atom. The summed E-state index contributed by atoms with van der Waals surface area (Å²) >= 11 is 0. The van der Waals surface area contributed by atoms with E-state index in [2.05, 4.69) is 20.4 Å². The number of nitrogens with zero attached hydrogens (tertiary/aromatic N) is 3. The third-order valence-corrected chi connectivity index (χ3v) is 3.37. The molecule has 7 nitrogen and oxygen atoms in total. The normalized spacial score (nSPS) is 16.3. The van der Waals surface area contributed by atoms with Gasteiger partial charge in [0.15, 0.2) is 5.82 Å². The molecule has 1 saturated heterocycles. The smallest absolute Gasteiger partial charge is 0.407 e. The molecule has 0 saturated carbocycles. The van der Waals surface area contributed by atoms with Crippen molar-refractivity contribution >= 4 is 11.9 Å². The van der Waals surface area contributed by atoms with Crippen LogP contribution < -0.4 is 15.0 Å². The molecule has 1 N–H and O–H groups in total. The summed E-state index contributed by atoms with van der Waals surface area (Å²) in [5.41, 5.74) is -0.469. The number of piperidine rings is 1. The van der Waals surface area contributed by atoms with Gasteiger partial charge in [0.1, 0.15) is 5.60 Å². The van der Waals surface area contributed by atoms with E-state index >= 15 is 0 Å². The molecule has 0 atom stereocenters. The van der Waals surface area contributed by atoms with Gasteiger partial charge in [-0.2, -0.15) is 0 Å². The van der Waals surface area contributed by atoms with E-state index in [0.717, 1.165) is 31.7 Å². The molecular weight excluding hydrogens is 284 g/mol. The van der Waals surface area contributed by atoms with Crippen molar-refractivity contribution in [3.05, 3.63) is 12.1 Å². The lowest BCUT2D eigenvalue weighted by molar-refractivity contribution is 0.0497. The van der Waals surface area contributed by atoms with Gasteiger partial charge in [-0.25, -0.2) is 4.79 Å². The number of ether oxygens (including phenoxy) is 2. The van der Waals surface area contributed by atoms with Gasteiger partial charge in [-0.05, 0) is 39.7 Å². The van der Waals surface area contributed by atoms with Crippen molar-refractivity contribution in [1.82, 2.24) is 15.5 Å². The maximum Gasteiger partial charge on any atom is 0.407 e. The summed E-state index contributed by atoms with van der Waals surface area (Å²) in [4.78, 5) is 13.9. The van der Waals surface area contributed by atoms with E-state index in [4.69, 9.17) is 9.47 Å². The molecule has 0 aliphatic carbocycles. The lowest BCUT2D eigenvalue weighted by atomic mass is 10.1.